The van der Waals surface area contributed by atoms with E-state index in [0.29, 0.717) is 12.4 Å². The molecule has 8 heteroatoms. The van der Waals surface area contributed by atoms with Crippen molar-refractivity contribution < 1.29 is 29.3 Å². The summed E-state index contributed by atoms with van der Waals surface area (Å²) in [5, 5.41) is 25.3. The average Bonchev–Trinajstić information content (AvgIpc) is 2.58. The van der Waals surface area contributed by atoms with Gasteiger partial charge in [0.2, 0.25) is 0 Å². The second-order valence-corrected chi connectivity index (χ2v) is 6.40. The zero-order valence-corrected chi connectivity index (χ0v) is 16.0. The van der Waals surface area contributed by atoms with Gasteiger partial charge in [0.25, 0.3) is 0 Å². The summed E-state index contributed by atoms with van der Waals surface area (Å²) in [5.41, 5.74) is 0. The van der Waals surface area contributed by atoms with Crippen LogP contribution in [0.4, 0.5) is 0 Å². The van der Waals surface area contributed by atoms with E-state index in [-0.39, 0.29) is 0 Å². The Balaban J connectivity index is 0.000000823. The fourth-order valence-corrected chi connectivity index (χ4v) is 2.44. The molecule has 1 unspecified atom stereocenters. The lowest BCUT2D eigenvalue weighted by Gasteiger charge is -2.11. The first-order chi connectivity index (χ1) is 11.9. The summed E-state index contributed by atoms with van der Waals surface area (Å²) in [7, 11) is -0.579. The van der Waals surface area contributed by atoms with Crippen LogP contribution >= 0.6 is 8.60 Å². The fourth-order valence-electron chi connectivity index (χ4n) is 1.80. The van der Waals surface area contributed by atoms with Crippen LogP contribution in [-0.4, -0.2) is 40.0 Å². The lowest BCUT2D eigenvalue weighted by atomic mass is 10.1. The number of nitrogens with one attached hydrogen (secondary N) is 1. The third-order valence-electron chi connectivity index (χ3n) is 3.21. The van der Waals surface area contributed by atoms with Crippen LogP contribution in [0.5, 0.6) is 5.75 Å². The van der Waals surface area contributed by atoms with Gasteiger partial charge in [0.1, 0.15) is 5.75 Å². The number of para-hydroxylation sites is 1. The van der Waals surface area contributed by atoms with Crippen LogP contribution < -0.4 is 9.84 Å². The van der Waals surface area contributed by atoms with Gasteiger partial charge < -0.3 is 29.3 Å². The van der Waals surface area contributed by atoms with Crippen molar-refractivity contribution in [2.75, 3.05) is 13.7 Å². The van der Waals surface area contributed by atoms with Crippen LogP contribution in [0.15, 0.2) is 30.3 Å². The quantitative estimate of drug-likeness (QED) is 0.216. The first-order valence-electron chi connectivity index (χ1n) is 8.60. The van der Waals surface area contributed by atoms with Gasteiger partial charge in [0.05, 0.1) is 6.61 Å². The molecule has 0 aliphatic rings. The molecule has 0 aliphatic carbocycles. The molecule has 1 aromatic rings. The van der Waals surface area contributed by atoms with Crippen molar-refractivity contribution in [2.45, 2.75) is 58.0 Å². The molecular formula is C17H32NO6P. The predicted molar refractivity (Wildman–Crippen MR) is 98.6 cm³/mol. The van der Waals surface area contributed by atoms with E-state index in [1.54, 1.807) is 5.32 Å². The standard InChI is InChI=1S/C15H25O3P.C2H7NO3/c1-2-3-4-5-6-7-11-14-17-19(16)18-15-12-9-8-10-13-15;1-3-2(4,5)6/h8-10,12-13,16H,2-7,11,14H2,1H3;3-6H,1H3. The van der Waals surface area contributed by atoms with E-state index in [1.807, 2.05) is 30.3 Å². The highest BCUT2D eigenvalue weighted by atomic mass is 31.2. The smallest absolute Gasteiger partial charge is 0.394 e. The molecule has 0 saturated carbocycles. The first-order valence-corrected chi connectivity index (χ1v) is 9.73. The third-order valence-corrected chi connectivity index (χ3v) is 3.98. The molecule has 0 radical (unpaired) electrons. The number of benzene rings is 1. The second-order valence-electron chi connectivity index (χ2n) is 5.48. The summed E-state index contributed by atoms with van der Waals surface area (Å²) < 4.78 is 10.5. The van der Waals surface area contributed by atoms with Crippen LogP contribution in [-0.2, 0) is 4.52 Å². The Bertz CT molecular complexity index is 402. The van der Waals surface area contributed by atoms with E-state index < -0.39 is 14.7 Å². The Labute approximate surface area is 151 Å². The third kappa shape index (κ3) is 17.8. The van der Waals surface area contributed by atoms with Crippen molar-refractivity contribution in [1.29, 1.82) is 0 Å². The first kappa shape index (κ1) is 24.2. The largest absolute Gasteiger partial charge is 0.427 e. The molecule has 0 amide bonds. The van der Waals surface area contributed by atoms with Crippen molar-refractivity contribution in [1.82, 2.24) is 5.32 Å². The summed E-state index contributed by atoms with van der Waals surface area (Å²) in [6.07, 6.45) is 5.97. The average molecular weight is 377 g/mol. The van der Waals surface area contributed by atoms with Gasteiger partial charge in [-0.1, -0.05) is 63.6 Å². The molecule has 0 spiro atoms. The summed E-state index contributed by atoms with van der Waals surface area (Å²) in [4.78, 5) is 9.60. The Morgan fingerprint density at radius 1 is 0.960 bits per heavy atom. The van der Waals surface area contributed by atoms with E-state index in [4.69, 9.17) is 24.4 Å². The molecule has 0 heterocycles. The Hall–Kier alpha value is -0.790. The van der Waals surface area contributed by atoms with Crippen molar-refractivity contribution >= 4 is 8.60 Å². The molecule has 5 N–H and O–H groups in total. The van der Waals surface area contributed by atoms with E-state index >= 15 is 0 Å². The van der Waals surface area contributed by atoms with E-state index in [1.165, 1.54) is 39.2 Å². The molecule has 7 nitrogen and oxygen atoms in total. The zero-order chi connectivity index (χ0) is 19.0. The number of hydrogen-bond donors (Lipinski definition) is 5. The van der Waals surface area contributed by atoms with Gasteiger partial charge >= 0.3 is 14.7 Å². The molecule has 0 aliphatic heterocycles. The fraction of sp³-hybridized carbons (Fsp3) is 0.647. The molecule has 0 aromatic heterocycles. The van der Waals surface area contributed by atoms with Crippen LogP contribution in [0.1, 0.15) is 51.9 Å². The predicted octanol–water partition coefficient (Wildman–Crippen LogP) is 2.85. The molecule has 0 saturated heterocycles. The highest BCUT2D eigenvalue weighted by Crippen LogP contribution is 2.34. The SMILES string of the molecule is CCCCCCCCCOP(O)Oc1ccccc1.CNC(O)(O)O. The lowest BCUT2D eigenvalue weighted by molar-refractivity contribution is -0.328. The van der Waals surface area contributed by atoms with Crippen LogP contribution in [0.25, 0.3) is 0 Å². The van der Waals surface area contributed by atoms with Gasteiger partial charge in [-0.3, -0.25) is 0 Å². The molecule has 1 rings (SSSR count). The zero-order valence-electron chi connectivity index (χ0n) is 15.1. The van der Waals surface area contributed by atoms with Crippen LogP contribution in [0, 0.1) is 0 Å². The molecule has 0 bridgehead atoms. The minimum atomic E-state index is -2.71. The van der Waals surface area contributed by atoms with E-state index in [9.17, 15) is 4.89 Å². The van der Waals surface area contributed by atoms with Crippen molar-refractivity contribution in [2.24, 2.45) is 0 Å². The maximum atomic E-state index is 9.60. The van der Waals surface area contributed by atoms with Gasteiger partial charge in [0, 0.05) is 0 Å². The summed E-state index contributed by atoms with van der Waals surface area (Å²) in [6.45, 7) is 2.80. The highest BCUT2D eigenvalue weighted by Gasteiger charge is 2.11. The lowest BCUT2D eigenvalue weighted by Crippen LogP contribution is -2.41. The monoisotopic (exact) mass is 377 g/mol. The van der Waals surface area contributed by atoms with E-state index in [0.717, 1.165) is 12.8 Å². The minimum Gasteiger partial charge on any atom is -0.427 e. The molecule has 1 atom stereocenters. The van der Waals surface area contributed by atoms with Gasteiger partial charge in [-0.05, 0) is 25.6 Å². The Kier molecular flexibility index (Phi) is 15.0. The van der Waals surface area contributed by atoms with Gasteiger partial charge in [-0.2, -0.15) is 0 Å². The van der Waals surface area contributed by atoms with E-state index in [2.05, 4.69) is 6.92 Å². The van der Waals surface area contributed by atoms with Crippen molar-refractivity contribution in [3.63, 3.8) is 0 Å². The topological polar surface area (TPSA) is 111 Å². The summed E-state index contributed by atoms with van der Waals surface area (Å²) >= 11 is 0. The summed E-state index contributed by atoms with van der Waals surface area (Å²) in [6, 6.07) is 9.26. The molecule has 25 heavy (non-hydrogen) atoms. The van der Waals surface area contributed by atoms with Crippen LogP contribution in [0.3, 0.4) is 0 Å². The molecule has 146 valence electrons. The molecular weight excluding hydrogens is 345 g/mol. The van der Waals surface area contributed by atoms with Gasteiger partial charge in [-0.25, -0.2) is 5.32 Å². The number of hydrogen-bond acceptors (Lipinski definition) is 7. The molecule has 1 aromatic carbocycles. The maximum absolute atomic E-state index is 9.60. The maximum Gasteiger partial charge on any atom is 0.394 e. The number of aliphatic hydroxyl groups is 3. The van der Waals surface area contributed by atoms with Gasteiger partial charge in [0.15, 0.2) is 0 Å². The second kappa shape index (κ2) is 15.5. The summed E-state index contributed by atoms with van der Waals surface area (Å²) in [5.74, 6) is 0.649. The number of rotatable bonds is 12. The number of unbranched alkanes of at least 4 members (excludes halogenated alkanes) is 6. The Morgan fingerprint density at radius 3 is 2.00 bits per heavy atom. The highest BCUT2D eigenvalue weighted by molar-refractivity contribution is 7.41. The normalized spacial score (nSPS) is 12.2. The van der Waals surface area contributed by atoms with Crippen molar-refractivity contribution in [3.05, 3.63) is 30.3 Å². The molecule has 0 fully saturated rings. The minimum absolute atomic E-state index is 0.572. The van der Waals surface area contributed by atoms with Gasteiger partial charge in [-0.15, -0.1) is 0 Å². The van der Waals surface area contributed by atoms with Crippen LogP contribution in [0.2, 0.25) is 0 Å². The van der Waals surface area contributed by atoms with Crippen molar-refractivity contribution in [3.8, 4) is 5.75 Å². The Morgan fingerprint density at radius 2 is 1.48 bits per heavy atom.